The Morgan fingerprint density at radius 1 is 1.26 bits per heavy atom. The summed E-state index contributed by atoms with van der Waals surface area (Å²) in [6.07, 6.45) is 7.56. The molecule has 0 aliphatic rings. The van der Waals surface area contributed by atoms with Gasteiger partial charge >= 0.3 is 0 Å². The minimum absolute atomic E-state index is 0.347. The number of imidazole rings is 1. The second kappa shape index (κ2) is 5.97. The number of rotatable bonds is 5. The molecule has 0 radical (unpaired) electrons. The highest BCUT2D eigenvalue weighted by atomic mass is 15.0. The second-order valence-electron chi connectivity index (χ2n) is 5.33. The molecular weight excluding hydrogens is 236 g/mol. The zero-order valence-electron chi connectivity index (χ0n) is 11.9. The van der Waals surface area contributed by atoms with E-state index >= 15 is 0 Å². The number of nitrogens with two attached hydrogens (primary N) is 1. The van der Waals surface area contributed by atoms with Crippen LogP contribution in [0.25, 0.3) is 0 Å². The molecule has 2 aromatic rings. The molecule has 0 saturated carbocycles. The van der Waals surface area contributed by atoms with Crippen molar-refractivity contribution in [2.75, 3.05) is 6.54 Å². The van der Waals surface area contributed by atoms with Crippen molar-refractivity contribution in [3.63, 3.8) is 0 Å². The van der Waals surface area contributed by atoms with Gasteiger partial charge < -0.3 is 10.3 Å². The van der Waals surface area contributed by atoms with E-state index in [2.05, 4.69) is 35.3 Å². The van der Waals surface area contributed by atoms with Crippen LogP contribution in [0.1, 0.15) is 36.6 Å². The molecule has 0 aliphatic heterocycles. The Morgan fingerprint density at radius 3 is 2.68 bits per heavy atom. The van der Waals surface area contributed by atoms with Crippen LogP contribution < -0.4 is 5.73 Å². The van der Waals surface area contributed by atoms with E-state index in [0.717, 1.165) is 6.54 Å². The molecule has 0 fully saturated rings. The average molecular weight is 258 g/mol. The van der Waals surface area contributed by atoms with Gasteiger partial charge in [-0.3, -0.25) is 4.98 Å². The van der Waals surface area contributed by atoms with Crippen LogP contribution in [0, 0.1) is 12.8 Å². The van der Waals surface area contributed by atoms with Gasteiger partial charge in [-0.15, -0.1) is 0 Å². The first kappa shape index (κ1) is 13.7. The lowest BCUT2D eigenvalue weighted by molar-refractivity contribution is 0.478. The molecule has 0 aliphatic carbocycles. The summed E-state index contributed by atoms with van der Waals surface area (Å²) in [5.74, 6) is 0.856. The minimum Gasteiger partial charge on any atom is -0.330 e. The van der Waals surface area contributed by atoms with E-state index in [9.17, 15) is 0 Å². The molecule has 1 unspecified atom stereocenters. The van der Waals surface area contributed by atoms with Crippen molar-refractivity contribution < 1.29 is 0 Å². The van der Waals surface area contributed by atoms with Gasteiger partial charge in [0.25, 0.3) is 0 Å². The van der Waals surface area contributed by atoms with Crippen molar-refractivity contribution in [2.24, 2.45) is 11.7 Å². The lowest BCUT2D eigenvalue weighted by atomic mass is 9.93. The first-order chi connectivity index (χ1) is 9.13. The van der Waals surface area contributed by atoms with Gasteiger partial charge in [0.15, 0.2) is 0 Å². The molecule has 19 heavy (non-hydrogen) atoms. The van der Waals surface area contributed by atoms with Crippen LogP contribution in [0.15, 0.2) is 31.0 Å². The van der Waals surface area contributed by atoms with Crippen molar-refractivity contribution in [1.82, 2.24) is 14.5 Å². The van der Waals surface area contributed by atoms with Gasteiger partial charge in [-0.2, -0.15) is 0 Å². The number of nitrogens with zero attached hydrogens (tertiary/aromatic N) is 3. The predicted octanol–water partition coefficient (Wildman–Crippen LogP) is 2.33. The van der Waals surface area contributed by atoms with Crippen molar-refractivity contribution in [3.05, 3.63) is 47.8 Å². The summed E-state index contributed by atoms with van der Waals surface area (Å²) in [6, 6.07) is 2.04. The summed E-state index contributed by atoms with van der Waals surface area (Å²) in [5.41, 5.74) is 9.59. The lowest BCUT2D eigenvalue weighted by Crippen LogP contribution is -2.21. The maximum atomic E-state index is 5.90. The number of aryl methyl sites for hydroxylation is 1. The highest BCUT2D eigenvalue weighted by molar-refractivity contribution is 5.23. The summed E-state index contributed by atoms with van der Waals surface area (Å²) in [5, 5.41) is 0. The molecule has 2 N–H and O–H groups in total. The summed E-state index contributed by atoms with van der Waals surface area (Å²) < 4.78 is 2.18. The first-order valence-electron chi connectivity index (χ1n) is 6.73. The number of pyridine rings is 1. The monoisotopic (exact) mass is 258 g/mol. The zero-order chi connectivity index (χ0) is 13.8. The van der Waals surface area contributed by atoms with Crippen molar-refractivity contribution in [2.45, 2.75) is 33.2 Å². The van der Waals surface area contributed by atoms with E-state index in [1.807, 2.05) is 31.0 Å². The Morgan fingerprint density at radius 2 is 2.05 bits per heavy atom. The SMILES string of the molecule is Cc1ccncc1Cn1cncc1C(CN)C(C)C. The summed E-state index contributed by atoms with van der Waals surface area (Å²) in [4.78, 5) is 8.48. The Bertz CT molecular complexity index is 530. The number of hydrogen-bond acceptors (Lipinski definition) is 3. The minimum atomic E-state index is 0.347. The Labute approximate surface area is 114 Å². The maximum absolute atomic E-state index is 5.90. The number of aromatic nitrogens is 3. The van der Waals surface area contributed by atoms with Crippen LogP contribution >= 0.6 is 0 Å². The Hall–Kier alpha value is -1.68. The fraction of sp³-hybridized carbons (Fsp3) is 0.467. The van der Waals surface area contributed by atoms with E-state index in [1.165, 1.54) is 16.8 Å². The Kier molecular flexibility index (Phi) is 4.32. The van der Waals surface area contributed by atoms with Gasteiger partial charge in [0.2, 0.25) is 0 Å². The van der Waals surface area contributed by atoms with Crippen LogP contribution in [-0.4, -0.2) is 21.1 Å². The third kappa shape index (κ3) is 3.01. The smallest absolute Gasteiger partial charge is 0.0951 e. The molecule has 102 valence electrons. The molecule has 0 saturated heterocycles. The molecule has 0 bridgehead atoms. The highest BCUT2D eigenvalue weighted by Crippen LogP contribution is 2.23. The molecule has 2 heterocycles. The van der Waals surface area contributed by atoms with Gasteiger partial charge in [-0.1, -0.05) is 13.8 Å². The van der Waals surface area contributed by atoms with Gasteiger partial charge in [-0.25, -0.2) is 4.98 Å². The molecule has 0 aromatic carbocycles. The molecule has 1 atom stereocenters. The van der Waals surface area contributed by atoms with Crippen LogP contribution in [-0.2, 0) is 6.54 Å². The van der Waals surface area contributed by atoms with Crippen LogP contribution in [0.5, 0.6) is 0 Å². The zero-order valence-corrected chi connectivity index (χ0v) is 11.9. The second-order valence-corrected chi connectivity index (χ2v) is 5.33. The van der Waals surface area contributed by atoms with E-state index < -0.39 is 0 Å². The average Bonchev–Trinajstić information content (AvgIpc) is 2.81. The van der Waals surface area contributed by atoms with E-state index in [1.54, 1.807) is 0 Å². The summed E-state index contributed by atoms with van der Waals surface area (Å²) in [7, 11) is 0. The Balaban J connectivity index is 2.27. The third-order valence-corrected chi connectivity index (χ3v) is 3.67. The van der Waals surface area contributed by atoms with Gasteiger partial charge in [0, 0.05) is 36.7 Å². The topological polar surface area (TPSA) is 56.7 Å². The highest BCUT2D eigenvalue weighted by Gasteiger charge is 2.18. The van der Waals surface area contributed by atoms with Crippen LogP contribution in [0.3, 0.4) is 0 Å². The normalized spacial score (nSPS) is 12.9. The van der Waals surface area contributed by atoms with Crippen molar-refractivity contribution in [1.29, 1.82) is 0 Å². The fourth-order valence-corrected chi connectivity index (χ4v) is 2.35. The van der Waals surface area contributed by atoms with Gasteiger partial charge in [0.1, 0.15) is 0 Å². The quantitative estimate of drug-likeness (QED) is 0.895. The van der Waals surface area contributed by atoms with Crippen LogP contribution in [0.4, 0.5) is 0 Å². The van der Waals surface area contributed by atoms with E-state index in [-0.39, 0.29) is 0 Å². The van der Waals surface area contributed by atoms with Crippen molar-refractivity contribution >= 4 is 0 Å². The van der Waals surface area contributed by atoms with Gasteiger partial charge in [0.05, 0.1) is 12.9 Å². The van der Waals surface area contributed by atoms with E-state index in [4.69, 9.17) is 5.73 Å². The fourth-order valence-electron chi connectivity index (χ4n) is 2.35. The maximum Gasteiger partial charge on any atom is 0.0951 e. The molecule has 4 nitrogen and oxygen atoms in total. The van der Waals surface area contributed by atoms with Crippen molar-refractivity contribution in [3.8, 4) is 0 Å². The molecular formula is C15H22N4. The van der Waals surface area contributed by atoms with E-state index in [0.29, 0.717) is 18.4 Å². The molecule has 2 aromatic heterocycles. The lowest BCUT2D eigenvalue weighted by Gasteiger charge is -2.21. The van der Waals surface area contributed by atoms with Gasteiger partial charge in [-0.05, 0) is 30.0 Å². The molecule has 2 rings (SSSR count). The van der Waals surface area contributed by atoms with Crippen LogP contribution in [0.2, 0.25) is 0 Å². The molecule has 0 spiro atoms. The first-order valence-corrected chi connectivity index (χ1v) is 6.73. The summed E-state index contributed by atoms with van der Waals surface area (Å²) >= 11 is 0. The third-order valence-electron chi connectivity index (χ3n) is 3.67. The molecule has 4 heteroatoms. The number of hydrogen-bond donors (Lipinski definition) is 1. The summed E-state index contributed by atoms with van der Waals surface area (Å²) in [6.45, 7) is 7.96. The largest absolute Gasteiger partial charge is 0.330 e. The standard InChI is InChI=1S/C15H22N4/c1-11(2)14(6-16)15-8-18-10-19(15)9-13-7-17-5-4-12(13)3/h4-5,7-8,10-11,14H,6,9,16H2,1-3H3. The predicted molar refractivity (Wildman–Crippen MR) is 76.9 cm³/mol. The molecule has 0 amide bonds.